The molecule has 1 aromatic rings. The van der Waals surface area contributed by atoms with Crippen molar-refractivity contribution in [1.82, 2.24) is 15.2 Å². The molecule has 162 valence electrons. The maximum atomic E-state index is 12.9. The summed E-state index contributed by atoms with van der Waals surface area (Å²) in [6, 6.07) is -0.950. The van der Waals surface area contributed by atoms with Crippen molar-refractivity contribution < 1.29 is 29.1 Å². The predicted molar refractivity (Wildman–Crippen MR) is 114 cm³/mol. The van der Waals surface area contributed by atoms with Gasteiger partial charge in [-0.05, 0) is 5.57 Å². The van der Waals surface area contributed by atoms with E-state index in [4.69, 9.17) is 4.84 Å². The van der Waals surface area contributed by atoms with E-state index in [-0.39, 0.29) is 28.8 Å². The van der Waals surface area contributed by atoms with Gasteiger partial charge in [0.1, 0.15) is 29.4 Å². The van der Waals surface area contributed by atoms with Crippen molar-refractivity contribution in [1.29, 1.82) is 0 Å². The zero-order chi connectivity index (χ0) is 22.5. The van der Waals surface area contributed by atoms with Crippen LogP contribution in [0.25, 0.3) is 0 Å². The first-order valence-corrected chi connectivity index (χ1v) is 10.7. The van der Waals surface area contributed by atoms with Crippen molar-refractivity contribution >= 4 is 58.1 Å². The average Bonchev–Trinajstić information content (AvgIpc) is 3.22. The number of hydrogen-bond acceptors (Lipinski definition) is 9. The van der Waals surface area contributed by atoms with Crippen molar-refractivity contribution in [3.63, 3.8) is 0 Å². The molecule has 0 bridgehead atoms. The van der Waals surface area contributed by atoms with Gasteiger partial charge in [0.2, 0.25) is 6.41 Å². The highest BCUT2D eigenvalue weighted by atomic mass is 32.2. The number of thiazole rings is 1. The molecule has 0 spiro atoms. The molecule has 3 heterocycles. The number of β-lactam (4-membered cyclic amide) rings is 1. The summed E-state index contributed by atoms with van der Waals surface area (Å²) in [7, 11) is 0. The molecule has 1 fully saturated rings. The largest absolute Gasteiger partial charge is 0.477 e. The molecule has 3 N–H and O–H groups in total. The number of carbonyl (C=O) groups is 4. The fraction of sp³-hybridized carbons (Fsp3) is 0.222. The van der Waals surface area contributed by atoms with E-state index in [9.17, 15) is 24.3 Å². The Labute approximate surface area is 184 Å². The van der Waals surface area contributed by atoms with E-state index in [0.29, 0.717) is 17.7 Å². The molecule has 0 saturated carbocycles. The minimum absolute atomic E-state index is 0.0338. The first kappa shape index (κ1) is 22.2. The van der Waals surface area contributed by atoms with Gasteiger partial charge in [0, 0.05) is 11.1 Å². The minimum atomic E-state index is -1.24. The van der Waals surface area contributed by atoms with Gasteiger partial charge in [-0.1, -0.05) is 30.5 Å². The number of anilines is 1. The van der Waals surface area contributed by atoms with Crippen molar-refractivity contribution in [2.24, 2.45) is 5.16 Å². The monoisotopic (exact) mass is 463 g/mol. The highest BCUT2D eigenvalue weighted by Gasteiger charge is 2.54. The predicted octanol–water partition coefficient (Wildman–Crippen LogP) is 0.543. The lowest BCUT2D eigenvalue weighted by atomic mass is 10.0. The van der Waals surface area contributed by atoms with Crippen molar-refractivity contribution in [2.75, 3.05) is 17.7 Å². The number of allylic oxidation sites excluding steroid dienone is 1. The lowest BCUT2D eigenvalue weighted by Crippen LogP contribution is -2.71. The van der Waals surface area contributed by atoms with Crippen LogP contribution in [0.3, 0.4) is 0 Å². The standard InChI is InChI=1S/C18H17N5O6S2/c1-3-5-29-22-11(10-7-31-18(20-10)19-8-24)14(25)21-12-15(26)23-13(17(27)28)9(4-2)6-30-16(12)23/h3-4,7-8,12,16H,1-2,5-6H2,(H,21,25)(H,27,28)(H,19,20,24)/t12?,16-/m0/s1. The average molecular weight is 463 g/mol. The molecule has 2 aliphatic rings. The number of fused-ring (bicyclic) bond motifs is 1. The number of thioether (sulfide) groups is 1. The molecule has 1 aromatic heterocycles. The quantitative estimate of drug-likeness (QED) is 0.114. The SMILES string of the molecule is C=CCON=C(C(=O)NC1C(=O)N2C(C(=O)O)=C(C=C)CS[C@@H]12)c1csc(NC=O)n1. The van der Waals surface area contributed by atoms with Crippen LogP contribution in [-0.4, -0.2) is 68.7 Å². The number of carboxylic acids is 1. The van der Waals surface area contributed by atoms with Gasteiger partial charge in [-0.15, -0.1) is 23.1 Å². The third kappa shape index (κ3) is 4.36. The zero-order valence-electron chi connectivity index (χ0n) is 15.9. The molecule has 31 heavy (non-hydrogen) atoms. The van der Waals surface area contributed by atoms with Gasteiger partial charge in [-0.3, -0.25) is 19.3 Å². The van der Waals surface area contributed by atoms with E-state index in [0.717, 1.165) is 16.2 Å². The summed E-state index contributed by atoms with van der Waals surface area (Å²) in [5, 5.41) is 19.4. The molecular formula is C18H17N5O6S2. The highest BCUT2D eigenvalue weighted by Crippen LogP contribution is 2.40. The molecule has 0 radical (unpaired) electrons. The van der Waals surface area contributed by atoms with Crippen molar-refractivity contribution in [2.45, 2.75) is 11.4 Å². The number of carboxylic acid groups (broad SMARTS) is 1. The summed E-state index contributed by atoms with van der Waals surface area (Å²) in [5.41, 5.74) is 0.229. The Morgan fingerprint density at radius 3 is 2.87 bits per heavy atom. The molecule has 13 heteroatoms. The second-order valence-corrected chi connectivity index (χ2v) is 8.03. The van der Waals surface area contributed by atoms with Gasteiger partial charge in [-0.25, -0.2) is 9.78 Å². The lowest BCUT2D eigenvalue weighted by Gasteiger charge is -2.49. The molecule has 0 aliphatic carbocycles. The second-order valence-electron chi connectivity index (χ2n) is 6.07. The third-order valence-electron chi connectivity index (χ3n) is 4.23. The van der Waals surface area contributed by atoms with E-state index >= 15 is 0 Å². The van der Waals surface area contributed by atoms with E-state index in [1.807, 2.05) is 0 Å². The maximum Gasteiger partial charge on any atom is 0.352 e. The Kier molecular flexibility index (Phi) is 6.87. The van der Waals surface area contributed by atoms with Crippen molar-refractivity contribution in [3.05, 3.63) is 47.7 Å². The van der Waals surface area contributed by atoms with Crippen LogP contribution in [-0.2, 0) is 24.0 Å². The number of hydrogen-bond donors (Lipinski definition) is 3. The van der Waals surface area contributed by atoms with E-state index < -0.39 is 29.2 Å². The van der Waals surface area contributed by atoms with Crippen LogP contribution in [0.5, 0.6) is 0 Å². The molecule has 2 atom stereocenters. The smallest absolute Gasteiger partial charge is 0.352 e. The fourth-order valence-corrected chi connectivity index (χ4v) is 4.86. The minimum Gasteiger partial charge on any atom is -0.477 e. The van der Waals surface area contributed by atoms with Crippen molar-refractivity contribution in [3.8, 4) is 0 Å². The molecule has 3 rings (SSSR count). The number of aromatic nitrogens is 1. The van der Waals surface area contributed by atoms with E-state index in [1.54, 1.807) is 0 Å². The Hall–Kier alpha value is -3.45. The summed E-state index contributed by atoms with van der Waals surface area (Å²) in [6.45, 7) is 7.12. The number of oxime groups is 1. The van der Waals surface area contributed by atoms with Crippen LogP contribution in [0.15, 0.2) is 47.1 Å². The molecule has 11 nitrogen and oxygen atoms in total. The Bertz CT molecular complexity index is 1020. The van der Waals surface area contributed by atoms with E-state index in [2.05, 4.69) is 33.9 Å². The fourth-order valence-electron chi connectivity index (χ4n) is 2.87. The summed E-state index contributed by atoms with van der Waals surface area (Å²) in [4.78, 5) is 57.9. The number of carbonyl (C=O) groups excluding carboxylic acids is 3. The topological polar surface area (TPSA) is 150 Å². The van der Waals surface area contributed by atoms with Crippen LogP contribution in [0.2, 0.25) is 0 Å². The third-order valence-corrected chi connectivity index (χ3v) is 6.30. The number of aliphatic carboxylic acids is 1. The normalized spacial score (nSPS) is 20.3. The lowest BCUT2D eigenvalue weighted by molar-refractivity contribution is -0.150. The first-order valence-electron chi connectivity index (χ1n) is 8.74. The summed E-state index contributed by atoms with van der Waals surface area (Å²) < 4.78 is 0. The molecule has 2 aliphatic heterocycles. The Morgan fingerprint density at radius 2 is 2.23 bits per heavy atom. The van der Waals surface area contributed by atoms with Gasteiger partial charge in [0.15, 0.2) is 10.8 Å². The zero-order valence-corrected chi connectivity index (χ0v) is 17.6. The van der Waals surface area contributed by atoms with Crippen LogP contribution in [0.4, 0.5) is 5.13 Å². The summed E-state index contributed by atoms with van der Waals surface area (Å²) >= 11 is 2.38. The van der Waals surface area contributed by atoms with Crippen LogP contribution >= 0.6 is 23.1 Å². The Morgan fingerprint density at radius 1 is 1.45 bits per heavy atom. The van der Waals surface area contributed by atoms with E-state index in [1.165, 1.54) is 29.3 Å². The highest BCUT2D eigenvalue weighted by molar-refractivity contribution is 8.00. The first-order chi connectivity index (χ1) is 14.9. The number of rotatable bonds is 10. The number of nitrogens with one attached hydrogen (secondary N) is 2. The van der Waals surface area contributed by atoms with Crippen LogP contribution < -0.4 is 10.6 Å². The van der Waals surface area contributed by atoms with Gasteiger partial charge in [0.25, 0.3) is 11.8 Å². The number of amides is 3. The molecule has 3 amide bonds. The van der Waals surface area contributed by atoms with Crippen LogP contribution in [0.1, 0.15) is 5.69 Å². The summed E-state index contributed by atoms with van der Waals surface area (Å²) in [5.74, 6) is -2.20. The Balaban J connectivity index is 1.80. The van der Waals surface area contributed by atoms with Gasteiger partial charge >= 0.3 is 5.97 Å². The van der Waals surface area contributed by atoms with Crippen LogP contribution in [0, 0.1) is 0 Å². The molecule has 1 unspecified atom stereocenters. The molecule has 0 aromatic carbocycles. The number of nitrogens with zero attached hydrogens (tertiary/aromatic N) is 3. The summed E-state index contributed by atoms with van der Waals surface area (Å²) in [6.07, 6.45) is 3.28. The van der Waals surface area contributed by atoms with Gasteiger partial charge < -0.3 is 20.6 Å². The molecule has 1 saturated heterocycles. The molecular weight excluding hydrogens is 446 g/mol. The maximum absolute atomic E-state index is 12.9. The van der Waals surface area contributed by atoms with Gasteiger partial charge in [0.05, 0.1) is 0 Å². The second kappa shape index (κ2) is 9.57. The van der Waals surface area contributed by atoms with Gasteiger partial charge in [-0.2, -0.15) is 0 Å².